The summed E-state index contributed by atoms with van der Waals surface area (Å²) in [5.41, 5.74) is 3.03. The standard InChI is InChI=1S/C15H17FN2O2S/c1-9-4-12(5-10(2)14(9)16)7-18-6-11(3)17-15(18)21-8-13(19)20/h4-6H,7-8H2,1-3H3,(H,19,20). The van der Waals surface area contributed by atoms with Gasteiger partial charge in [-0.15, -0.1) is 0 Å². The fraction of sp³-hybridized carbons (Fsp3) is 0.333. The number of hydrogen-bond donors (Lipinski definition) is 1. The van der Waals surface area contributed by atoms with E-state index in [-0.39, 0.29) is 11.6 Å². The lowest BCUT2D eigenvalue weighted by Gasteiger charge is -2.10. The number of rotatable bonds is 5. The number of imidazole rings is 1. The molecule has 0 aliphatic rings. The van der Waals surface area contributed by atoms with E-state index >= 15 is 0 Å². The van der Waals surface area contributed by atoms with Gasteiger partial charge in [0.1, 0.15) is 5.82 Å². The molecule has 1 N–H and O–H groups in total. The van der Waals surface area contributed by atoms with Crippen molar-refractivity contribution in [3.05, 3.63) is 46.5 Å². The topological polar surface area (TPSA) is 55.1 Å². The van der Waals surface area contributed by atoms with Crippen LogP contribution in [0.5, 0.6) is 0 Å². The summed E-state index contributed by atoms with van der Waals surface area (Å²) in [6, 6.07) is 3.62. The Kier molecular flexibility index (Phi) is 4.67. The maximum absolute atomic E-state index is 13.7. The van der Waals surface area contributed by atoms with E-state index < -0.39 is 5.97 Å². The third kappa shape index (κ3) is 3.85. The molecule has 2 aromatic rings. The van der Waals surface area contributed by atoms with Crippen molar-refractivity contribution in [1.29, 1.82) is 0 Å². The minimum Gasteiger partial charge on any atom is -0.481 e. The Morgan fingerprint density at radius 2 is 1.95 bits per heavy atom. The second kappa shape index (κ2) is 6.30. The molecule has 0 saturated heterocycles. The van der Waals surface area contributed by atoms with Gasteiger partial charge in [0.25, 0.3) is 0 Å². The van der Waals surface area contributed by atoms with Gasteiger partial charge in [-0.05, 0) is 37.5 Å². The molecule has 1 heterocycles. The summed E-state index contributed by atoms with van der Waals surface area (Å²) in [4.78, 5) is 15.0. The SMILES string of the molecule is Cc1cn(Cc2cc(C)c(F)c(C)c2)c(SCC(=O)O)n1. The van der Waals surface area contributed by atoms with E-state index in [4.69, 9.17) is 5.11 Å². The molecule has 0 aliphatic carbocycles. The van der Waals surface area contributed by atoms with Crippen LogP contribution in [0.15, 0.2) is 23.5 Å². The van der Waals surface area contributed by atoms with Crippen LogP contribution >= 0.6 is 11.8 Å². The number of aromatic nitrogens is 2. The third-order valence-electron chi connectivity index (χ3n) is 3.03. The average molecular weight is 308 g/mol. The van der Waals surface area contributed by atoms with Crippen molar-refractivity contribution in [1.82, 2.24) is 9.55 Å². The van der Waals surface area contributed by atoms with Crippen LogP contribution in [0.2, 0.25) is 0 Å². The second-order valence-electron chi connectivity index (χ2n) is 5.02. The van der Waals surface area contributed by atoms with Crippen molar-refractivity contribution in [2.75, 3.05) is 5.75 Å². The number of carboxylic acid groups (broad SMARTS) is 1. The molecule has 0 atom stereocenters. The molecule has 0 fully saturated rings. The first-order chi connectivity index (χ1) is 9.86. The van der Waals surface area contributed by atoms with Crippen molar-refractivity contribution in [3.63, 3.8) is 0 Å². The molecule has 112 valence electrons. The van der Waals surface area contributed by atoms with E-state index in [1.807, 2.05) is 29.8 Å². The number of aryl methyl sites for hydroxylation is 3. The van der Waals surface area contributed by atoms with E-state index in [1.54, 1.807) is 13.8 Å². The molecular weight excluding hydrogens is 291 g/mol. The van der Waals surface area contributed by atoms with Gasteiger partial charge in [-0.1, -0.05) is 23.9 Å². The number of hydrogen-bond acceptors (Lipinski definition) is 3. The summed E-state index contributed by atoms with van der Waals surface area (Å²) < 4.78 is 15.6. The molecule has 1 aromatic carbocycles. The summed E-state index contributed by atoms with van der Waals surface area (Å²) in [5.74, 6) is -1.08. The molecule has 0 radical (unpaired) electrons. The number of aliphatic carboxylic acids is 1. The highest BCUT2D eigenvalue weighted by Crippen LogP contribution is 2.21. The van der Waals surface area contributed by atoms with E-state index in [0.29, 0.717) is 22.8 Å². The second-order valence-corrected chi connectivity index (χ2v) is 5.96. The molecule has 21 heavy (non-hydrogen) atoms. The van der Waals surface area contributed by atoms with Crippen LogP contribution in [0.25, 0.3) is 0 Å². The monoisotopic (exact) mass is 308 g/mol. The molecule has 0 saturated carbocycles. The Bertz CT molecular complexity index is 659. The zero-order chi connectivity index (χ0) is 15.6. The first-order valence-electron chi connectivity index (χ1n) is 6.51. The predicted octanol–water partition coefficient (Wildman–Crippen LogP) is 3.17. The largest absolute Gasteiger partial charge is 0.481 e. The number of nitrogens with zero attached hydrogens (tertiary/aromatic N) is 2. The highest BCUT2D eigenvalue weighted by molar-refractivity contribution is 7.99. The Morgan fingerprint density at radius 1 is 1.33 bits per heavy atom. The van der Waals surface area contributed by atoms with Crippen LogP contribution < -0.4 is 0 Å². The van der Waals surface area contributed by atoms with Crippen molar-refractivity contribution < 1.29 is 14.3 Å². The molecule has 0 unspecified atom stereocenters. The van der Waals surface area contributed by atoms with Crippen molar-refractivity contribution in [2.45, 2.75) is 32.5 Å². The normalized spacial score (nSPS) is 10.9. The lowest BCUT2D eigenvalue weighted by Crippen LogP contribution is -2.04. The third-order valence-corrected chi connectivity index (χ3v) is 4.01. The lowest BCUT2D eigenvalue weighted by molar-refractivity contribution is -0.133. The van der Waals surface area contributed by atoms with Gasteiger partial charge < -0.3 is 9.67 Å². The van der Waals surface area contributed by atoms with Crippen molar-refractivity contribution >= 4 is 17.7 Å². The smallest absolute Gasteiger partial charge is 0.313 e. The van der Waals surface area contributed by atoms with Crippen LogP contribution in [0.3, 0.4) is 0 Å². The van der Waals surface area contributed by atoms with E-state index in [2.05, 4.69) is 4.98 Å². The summed E-state index contributed by atoms with van der Waals surface area (Å²) in [7, 11) is 0. The van der Waals surface area contributed by atoms with Gasteiger partial charge >= 0.3 is 5.97 Å². The first-order valence-corrected chi connectivity index (χ1v) is 7.49. The van der Waals surface area contributed by atoms with Gasteiger partial charge in [-0.25, -0.2) is 9.37 Å². The predicted molar refractivity (Wildman–Crippen MR) is 80.3 cm³/mol. The zero-order valence-electron chi connectivity index (χ0n) is 12.2. The number of benzene rings is 1. The van der Waals surface area contributed by atoms with Gasteiger partial charge in [0.15, 0.2) is 5.16 Å². The van der Waals surface area contributed by atoms with Gasteiger partial charge in [-0.3, -0.25) is 4.79 Å². The van der Waals surface area contributed by atoms with Crippen molar-refractivity contribution in [2.24, 2.45) is 0 Å². The molecule has 0 aliphatic heterocycles. The summed E-state index contributed by atoms with van der Waals surface area (Å²) in [5, 5.41) is 9.43. The van der Waals surface area contributed by atoms with Crippen LogP contribution in [-0.4, -0.2) is 26.4 Å². The molecule has 0 amide bonds. The van der Waals surface area contributed by atoms with Crippen LogP contribution in [0.4, 0.5) is 4.39 Å². The first kappa shape index (κ1) is 15.6. The Morgan fingerprint density at radius 3 is 2.52 bits per heavy atom. The van der Waals surface area contributed by atoms with Gasteiger partial charge in [-0.2, -0.15) is 0 Å². The summed E-state index contributed by atoms with van der Waals surface area (Å²) in [6.45, 7) is 5.89. The minimum absolute atomic E-state index is 0.0298. The summed E-state index contributed by atoms with van der Waals surface area (Å²) in [6.07, 6.45) is 1.87. The minimum atomic E-state index is -0.874. The molecule has 0 bridgehead atoms. The van der Waals surface area contributed by atoms with E-state index in [9.17, 15) is 9.18 Å². The zero-order valence-corrected chi connectivity index (χ0v) is 13.0. The molecule has 0 spiro atoms. The quantitative estimate of drug-likeness (QED) is 0.862. The number of carboxylic acids is 1. The molecule has 4 nitrogen and oxygen atoms in total. The van der Waals surface area contributed by atoms with Crippen LogP contribution in [-0.2, 0) is 11.3 Å². The number of thioether (sulfide) groups is 1. The van der Waals surface area contributed by atoms with Crippen LogP contribution in [0, 0.1) is 26.6 Å². The number of halogens is 1. The van der Waals surface area contributed by atoms with E-state index in [0.717, 1.165) is 11.3 Å². The number of carbonyl (C=O) groups is 1. The molecule has 2 rings (SSSR count). The Hall–Kier alpha value is -1.82. The Labute approximate surface area is 127 Å². The summed E-state index contributed by atoms with van der Waals surface area (Å²) >= 11 is 1.19. The average Bonchev–Trinajstić information content (AvgIpc) is 2.73. The van der Waals surface area contributed by atoms with Gasteiger partial charge in [0.2, 0.25) is 0 Å². The maximum Gasteiger partial charge on any atom is 0.313 e. The lowest BCUT2D eigenvalue weighted by atomic mass is 10.1. The Balaban J connectivity index is 2.25. The van der Waals surface area contributed by atoms with Gasteiger partial charge in [0.05, 0.1) is 11.4 Å². The van der Waals surface area contributed by atoms with E-state index in [1.165, 1.54) is 11.8 Å². The highest BCUT2D eigenvalue weighted by atomic mass is 32.2. The maximum atomic E-state index is 13.7. The van der Waals surface area contributed by atoms with Crippen molar-refractivity contribution in [3.8, 4) is 0 Å². The van der Waals surface area contributed by atoms with Crippen LogP contribution in [0.1, 0.15) is 22.4 Å². The van der Waals surface area contributed by atoms with Gasteiger partial charge in [0, 0.05) is 12.7 Å². The highest BCUT2D eigenvalue weighted by Gasteiger charge is 2.11. The molecule has 1 aromatic heterocycles. The molecular formula is C15H17FN2O2S. The fourth-order valence-electron chi connectivity index (χ4n) is 2.20. The fourth-order valence-corrected chi connectivity index (χ4v) is 2.95. The molecule has 6 heteroatoms.